The van der Waals surface area contributed by atoms with Crippen molar-refractivity contribution in [2.45, 2.75) is 18.4 Å². The van der Waals surface area contributed by atoms with E-state index in [2.05, 4.69) is 38.4 Å². The molecule has 0 saturated heterocycles. The van der Waals surface area contributed by atoms with Gasteiger partial charge in [-0.15, -0.1) is 11.8 Å². The predicted octanol–water partition coefficient (Wildman–Crippen LogP) is 5.47. The van der Waals surface area contributed by atoms with E-state index in [1.807, 2.05) is 55.6 Å². The molecule has 0 spiro atoms. The number of rotatable bonds is 5. The number of nitrogens with zero attached hydrogens (tertiary/aromatic N) is 1. The number of hydrogen-bond acceptors (Lipinski definition) is 3. The van der Waals surface area contributed by atoms with Crippen LogP contribution in [0.5, 0.6) is 0 Å². The molecule has 3 rings (SSSR count). The summed E-state index contributed by atoms with van der Waals surface area (Å²) in [5, 5.41) is 2.96. The lowest BCUT2D eigenvalue weighted by atomic mass is 10.1. The fraction of sp³-hybridized carbons (Fsp3) is 0.143. The van der Waals surface area contributed by atoms with Crippen LogP contribution >= 0.6 is 27.7 Å². The first-order valence-corrected chi connectivity index (χ1v) is 10.2. The molecular weight excluding hydrogens is 408 g/mol. The maximum atomic E-state index is 12.4. The van der Waals surface area contributed by atoms with Crippen LogP contribution in [0.3, 0.4) is 0 Å². The molecule has 0 bridgehead atoms. The summed E-state index contributed by atoms with van der Waals surface area (Å²) in [4.78, 5) is 17.9. The van der Waals surface area contributed by atoms with Gasteiger partial charge in [0, 0.05) is 21.1 Å². The van der Waals surface area contributed by atoms with Crippen molar-refractivity contribution in [2.75, 3.05) is 6.26 Å². The van der Waals surface area contributed by atoms with Crippen LogP contribution < -0.4 is 5.32 Å². The van der Waals surface area contributed by atoms with Gasteiger partial charge < -0.3 is 5.32 Å². The molecule has 1 N–H and O–H groups in total. The number of pyridine rings is 1. The van der Waals surface area contributed by atoms with E-state index in [1.54, 1.807) is 18.0 Å². The standard InChI is InChI=1S/C21H19BrN2OS/c1-14-6-7-17(12-20(14)26-2)21(25)24-13-19-11-16(8-9-23-19)15-4-3-5-18(22)10-15/h3-12H,13H2,1-2H3,(H,24,25). The van der Waals surface area contributed by atoms with E-state index in [4.69, 9.17) is 0 Å². The molecule has 0 radical (unpaired) electrons. The average Bonchev–Trinajstić information content (AvgIpc) is 2.66. The first-order chi connectivity index (χ1) is 12.6. The molecule has 0 aliphatic carbocycles. The zero-order chi connectivity index (χ0) is 18.5. The number of aryl methyl sites for hydroxylation is 1. The zero-order valence-corrected chi connectivity index (χ0v) is 17.0. The Labute approximate surface area is 166 Å². The summed E-state index contributed by atoms with van der Waals surface area (Å²) in [7, 11) is 0. The molecule has 132 valence electrons. The lowest BCUT2D eigenvalue weighted by Gasteiger charge is -2.09. The number of carbonyl (C=O) groups is 1. The third kappa shape index (κ3) is 4.54. The molecule has 3 nitrogen and oxygen atoms in total. The molecular formula is C21H19BrN2OS. The van der Waals surface area contributed by atoms with Gasteiger partial charge in [-0.25, -0.2) is 0 Å². The molecule has 0 fully saturated rings. The Balaban J connectivity index is 1.72. The van der Waals surface area contributed by atoms with E-state index in [9.17, 15) is 4.79 Å². The van der Waals surface area contributed by atoms with E-state index in [1.165, 1.54) is 5.56 Å². The highest BCUT2D eigenvalue weighted by molar-refractivity contribution is 9.10. The van der Waals surface area contributed by atoms with Gasteiger partial charge in [0.1, 0.15) is 0 Å². The van der Waals surface area contributed by atoms with E-state index < -0.39 is 0 Å². The number of halogens is 1. The highest BCUT2D eigenvalue weighted by atomic mass is 79.9. The first-order valence-electron chi connectivity index (χ1n) is 8.20. The Hall–Kier alpha value is -2.11. The van der Waals surface area contributed by atoms with Gasteiger partial charge in [0.05, 0.1) is 12.2 Å². The van der Waals surface area contributed by atoms with Crippen LogP contribution in [0.25, 0.3) is 11.1 Å². The molecule has 0 atom stereocenters. The molecule has 0 saturated carbocycles. The van der Waals surface area contributed by atoms with Gasteiger partial charge in [0.2, 0.25) is 0 Å². The smallest absolute Gasteiger partial charge is 0.251 e. The number of thioether (sulfide) groups is 1. The van der Waals surface area contributed by atoms with Crippen LogP contribution in [0.15, 0.2) is 70.2 Å². The van der Waals surface area contributed by atoms with Crippen LogP contribution in [0.2, 0.25) is 0 Å². The van der Waals surface area contributed by atoms with Crippen molar-refractivity contribution < 1.29 is 4.79 Å². The number of nitrogens with one attached hydrogen (secondary N) is 1. The highest BCUT2D eigenvalue weighted by Gasteiger charge is 2.09. The summed E-state index contributed by atoms with van der Waals surface area (Å²) in [6.45, 7) is 2.44. The number of amides is 1. The van der Waals surface area contributed by atoms with Crippen molar-refractivity contribution in [3.8, 4) is 11.1 Å². The lowest BCUT2D eigenvalue weighted by molar-refractivity contribution is 0.0950. The first kappa shape index (κ1) is 18.7. The van der Waals surface area contributed by atoms with Gasteiger partial charge in [-0.3, -0.25) is 9.78 Å². The predicted molar refractivity (Wildman–Crippen MR) is 112 cm³/mol. The lowest BCUT2D eigenvalue weighted by Crippen LogP contribution is -2.23. The van der Waals surface area contributed by atoms with Gasteiger partial charge in [-0.1, -0.05) is 34.1 Å². The highest BCUT2D eigenvalue weighted by Crippen LogP contribution is 2.23. The average molecular weight is 427 g/mol. The third-order valence-corrected chi connectivity index (χ3v) is 5.45. The molecule has 26 heavy (non-hydrogen) atoms. The molecule has 0 aliphatic rings. The summed E-state index contributed by atoms with van der Waals surface area (Å²) in [5.74, 6) is -0.0880. The monoisotopic (exact) mass is 426 g/mol. The van der Waals surface area contributed by atoms with Crippen molar-refractivity contribution in [1.29, 1.82) is 0 Å². The molecule has 0 unspecified atom stereocenters. The van der Waals surface area contributed by atoms with Crippen LogP contribution in [-0.2, 0) is 6.54 Å². The van der Waals surface area contributed by atoms with Crippen molar-refractivity contribution in [2.24, 2.45) is 0 Å². The Morgan fingerprint density at radius 3 is 2.69 bits per heavy atom. The minimum Gasteiger partial charge on any atom is -0.346 e. The van der Waals surface area contributed by atoms with Gasteiger partial charge in [0.25, 0.3) is 5.91 Å². The van der Waals surface area contributed by atoms with Crippen molar-refractivity contribution >= 4 is 33.6 Å². The molecule has 1 aromatic heterocycles. The molecule has 1 amide bonds. The topological polar surface area (TPSA) is 42.0 Å². The third-order valence-electron chi connectivity index (χ3n) is 4.07. The zero-order valence-electron chi connectivity index (χ0n) is 14.6. The Kier molecular flexibility index (Phi) is 6.12. The second-order valence-electron chi connectivity index (χ2n) is 5.91. The quantitative estimate of drug-likeness (QED) is 0.549. The van der Waals surface area contributed by atoms with Gasteiger partial charge in [-0.2, -0.15) is 0 Å². The molecule has 0 aliphatic heterocycles. The fourth-order valence-electron chi connectivity index (χ4n) is 2.66. The normalized spacial score (nSPS) is 10.6. The summed E-state index contributed by atoms with van der Waals surface area (Å²) in [6.07, 6.45) is 3.79. The summed E-state index contributed by atoms with van der Waals surface area (Å²) in [6, 6.07) is 17.9. The summed E-state index contributed by atoms with van der Waals surface area (Å²) < 4.78 is 1.03. The Morgan fingerprint density at radius 1 is 1.12 bits per heavy atom. The van der Waals surface area contributed by atoms with Crippen LogP contribution in [0.1, 0.15) is 21.6 Å². The summed E-state index contributed by atoms with van der Waals surface area (Å²) in [5.41, 5.74) is 4.86. The van der Waals surface area contributed by atoms with E-state index in [-0.39, 0.29) is 5.91 Å². The number of aromatic nitrogens is 1. The number of hydrogen-bond donors (Lipinski definition) is 1. The van der Waals surface area contributed by atoms with E-state index in [0.717, 1.165) is 26.2 Å². The minimum absolute atomic E-state index is 0.0880. The maximum Gasteiger partial charge on any atom is 0.251 e. The van der Waals surface area contributed by atoms with Crippen LogP contribution in [-0.4, -0.2) is 17.1 Å². The largest absolute Gasteiger partial charge is 0.346 e. The number of carbonyl (C=O) groups excluding carboxylic acids is 1. The fourth-order valence-corrected chi connectivity index (χ4v) is 3.69. The van der Waals surface area contributed by atoms with Crippen molar-refractivity contribution in [3.63, 3.8) is 0 Å². The van der Waals surface area contributed by atoms with E-state index >= 15 is 0 Å². The van der Waals surface area contributed by atoms with Gasteiger partial charge in [-0.05, 0) is 66.3 Å². The molecule has 3 aromatic rings. The molecule has 5 heteroatoms. The van der Waals surface area contributed by atoms with Crippen molar-refractivity contribution in [3.05, 3.63) is 82.1 Å². The van der Waals surface area contributed by atoms with Crippen LogP contribution in [0, 0.1) is 6.92 Å². The van der Waals surface area contributed by atoms with Gasteiger partial charge in [0.15, 0.2) is 0 Å². The minimum atomic E-state index is -0.0880. The number of benzene rings is 2. The Bertz CT molecular complexity index is 943. The second kappa shape index (κ2) is 8.52. The SMILES string of the molecule is CSc1cc(C(=O)NCc2cc(-c3cccc(Br)c3)ccn2)ccc1C. The molecule has 1 heterocycles. The van der Waals surface area contributed by atoms with E-state index in [0.29, 0.717) is 12.1 Å². The Morgan fingerprint density at radius 2 is 1.92 bits per heavy atom. The summed E-state index contributed by atoms with van der Waals surface area (Å²) >= 11 is 5.14. The van der Waals surface area contributed by atoms with Crippen LogP contribution in [0.4, 0.5) is 0 Å². The van der Waals surface area contributed by atoms with Crippen molar-refractivity contribution in [1.82, 2.24) is 10.3 Å². The second-order valence-corrected chi connectivity index (χ2v) is 7.68. The van der Waals surface area contributed by atoms with Gasteiger partial charge >= 0.3 is 0 Å². The maximum absolute atomic E-state index is 12.4. The molecule has 2 aromatic carbocycles.